The van der Waals surface area contributed by atoms with Crippen molar-refractivity contribution in [1.29, 1.82) is 0 Å². The molecule has 0 aliphatic heterocycles. The second-order valence-corrected chi connectivity index (χ2v) is 10.2. The molecule has 0 atom stereocenters. The van der Waals surface area contributed by atoms with Crippen LogP contribution in [0.5, 0.6) is 0 Å². The molecule has 0 saturated heterocycles. The maximum absolute atomic E-state index is 13.6. The van der Waals surface area contributed by atoms with Crippen molar-refractivity contribution in [2.24, 2.45) is 4.99 Å². The van der Waals surface area contributed by atoms with E-state index in [9.17, 15) is 27.2 Å². The Bertz CT molecular complexity index is 1740. The monoisotopic (exact) mass is 611 g/mol. The molecule has 0 bridgehead atoms. The number of nitrogens with zero attached hydrogens (tertiary/aromatic N) is 2. The fourth-order valence-electron chi connectivity index (χ4n) is 4.25. The Balaban J connectivity index is 1.85. The van der Waals surface area contributed by atoms with Gasteiger partial charge in [-0.05, 0) is 61.9 Å². The summed E-state index contributed by atoms with van der Waals surface area (Å²) in [7, 11) is 2.82. The summed E-state index contributed by atoms with van der Waals surface area (Å²) in [6.45, 7) is 5.83. The maximum Gasteiger partial charge on any atom is 0.405 e. The van der Waals surface area contributed by atoms with Gasteiger partial charge in [-0.1, -0.05) is 18.7 Å². The number of benzene rings is 2. The number of furan rings is 1. The summed E-state index contributed by atoms with van der Waals surface area (Å²) in [6, 6.07) is 12.8. The molecule has 2 aromatic carbocycles. The minimum absolute atomic E-state index is 0.0519. The van der Waals surface area contributed by atoms with E-state index < -0.39 is 35.9 Å². The number of carbonyl (C=O) groups excluding carboxylic acids is 2. The number of hydrogen-bond acceptors (Lipinski definition) is 7. The Hall–Kier alpha value is -5.20. The van der Waals surface area contributed by atoms with Crippen LogP contribution in [0.1, 0.15) is 34.6 Å². The molecule has 0 unspecified atom stereocenters. The molecule has 3 N–H and O–H groups in total. The topological polar surface area (TPSA) is 118 Å². The van der Waals surface area contributed by atoms with Gasteiger partial charge in [0.1, 0.15) is 23.9 Å². The number of nitrogens with one attached hydrogen (secondary N) is 3. The van der Waals surface area contributed by atoms with Crippen LogP contribution in [0.15, 0.2) is 76.3 Å². The first-order valence-corrected chi connectivity index (χ1v) is 13.2. The van der Waals surface area contributed by atoms with E-state index in [2.05, 4.69) is 32.5 Å². The molecule has 230 valence electrons. The number of aliphatic imine (C=N–C) groups is 1. The van der Waals surface area contributed by atoms with Gasteiger partial charge in [-0.25, -0.2) is 9.38 Å². The molecule has 2 heterocycles. The predicted molar refractivity (Wildman–Crippen MR) is 159 cm³/mol. The Kier molecular flexibility index (Phi) is 9.07. The Morgan fingerprint density at radius 1 is 1.07 bits per heavy atom. The highest BCUT2D eigenvalue weighted by Gasteiger charge is 2.30. The van der Waals surface area contributed by atoms with Crippen molar-refractivity contribution >= 4 is 35.1 Å². The lowest BCUT2D eigenvalue weighted by atomic mass is 9.98. The van der Waals surface area contributed by atoms with Gasteiger partial charge in [-0.2, -0.15) is 18.2 Å². The summed E-state index contributed by atoms with van der Waals surface area (Å²) < 4.78 is 64.1. The fourth-order valence-corrected chi connectivity index (χ4v) is 4.25. The molecule has 2 amide bonds. The van der Waals surface area contributed by atoms with Crippen LogP contribution in [0.4, 0.5) is 23.4 Å². The largest absolute Gasteiger partial charge is 0.486 e. The van der Waals surface area contributed by atoms with E-state index in [1.54, 1.807) is 26.0 Å². The zero-order valence-electron chi connectivity index (χ0n) is 24.2. The lowest BCUT2D eigenvalue weighted by Gasteiger charge is -2.26. The van der Waals surface area contributed by atoms with Crippen molar-refractivity contribution < 1.29 is 36.3 Å². The number of rotatable bonds is 10. The first-order valence-electron chi connectivity index (χ1n) is 13.2. The van der Waals surface area contributed by atoms with Crippen LogP contribution >= 0.6 is 0 Å². The van der Waals surface area contributed by atoms with Gasteiger partial charge >= 0.3 is 6.18 Å². The third kappa shape index (κ3) is 7.05. The van der Waals surface area contributed by atoms with E-state index >= 15 is 0 Å². The number of carbonyl (C=O) groups is 2. The SMILES string of the molecule is C=C(N=COC)C(C)(C)NC(=O)c1cccc(-c2cc3c(C(=O)NC)c(-c4ccc(F)cc4)oc3nc2NCC(F)(F)F)c1. The molecule has 44 heavy (non-hydrogen) atoms. The van der Waals surface area contributed by atoms with Gasteiger partial charge in [0.2, 0.25) is 5.71 Å². The van der Waals surface area contributed by atoms with E-state index in [-0.39, 0.29) is 39.4 Å². The molecule has 9 nitrogen and oxygen atoms in total. The molecule has 2 aromatic heterocycles. The Morgan fingerprint density at radius 2 is 1.77 bits per heavy atom. The fraction of sp³-hybridized carbons (Fsp3) is 0.226. The van der Waals surface area contributed by atoms with E-state index in [1.807, 2.05) is 0 Å². The summed E-state index contributed by atoms with van der Waals surface area (Å²) in [5, 5.41) is 7.84. The van der Waals surface area contributed by atoms with Gasteiger partial charge in [-0.15, -0.1) is 0 Å². The number of pyridine rings is 1. The zero-order chi connectivity index (χ0) is 32.2. The second-order valence-electron chi connectivity index (χ2n) is 10.2. The van der Waals surface area contributed by atoms with E-state index in [1.165, 1.54) is 63.0 Å². The molecule has 4 aromatic rings. The van der Waals surface area contributed by atoms with Crippen LogP contribution in [0, 0.1) is 5.82 Å². The van der Waals surface area contributed by atoms with E-state index in [4.69, 9.17) is 9.15 Å². The van der Waals surface area contributed by atoms with Gasteiger partial charge in [-0.3, -0.25) is 9.59 Å². The van der Waals surface area contributed by atoms with Crippen molar-refractivity contribution in [3.05, 3.63) is 83.8 Å². The second kappa shape index (κ2) is 12.6. The third-order valence-corrected chi connectivity index (χ3v) is 6.60. The Labute approximate surface area is 250 Å². The quantitative estimate of drug-likeness (QED) is 0.110. The number of ether oxygens (including phenoxy) is 1. The van der Waals surface area contributed by atoms with Crippen LogP contribution in [0.3, 0.4) is 0 Å². The van der Waals surface area contributed by atoms with Gasteiger partial charge in [0.05, 0.1) is 29.3 Å². The average Bonchev–Trinajstić information content (AvgIpc) is 3.36. The third-order valence-electron chi connectivity index (χ3n) is 6.60. The van der Waals surface area contributed by atoms with Gasteiger partial charge in [0.25, 0.3) is 11.8 Å². The number of alkyl halides is 3. The first-order chi connectivity index (χ1) is 20.7. The van der Waals surface area contributed by atoms with Crippen LogP contribution < -0.4 is 16.0 Å². The summed E-state index contributed by atoms with van der Waals surface area (Å²) in [6.07, 6.45) is -3.40. The molecular weight excluding hydrogens is 582 g/mol. The molecule has 0 radical (unpaired) electrons. The van der Waals surface area contributed by atoms with Gasteiger partial charge in [0, 0.05) is 23.7 Å². The summed E-state index contributed by atoms with van der Waals surface area (Å²) in [4.78, 5) is 34.6. The highest BCUT2D eigenvalue weighted by Crippen LogP contribution is 2.38. The first kappa shape index (κ1) is 31.7. The number of aromatic nitrogens is 1. The lowest BCUT2D eigenvalue weighted by molar-refractivity contribution is -0.115. The van der Waals surface area contributed by atoms with Gasteiger partial charge in [0.15, 0.2) is 6.40 Å². The number of fused-ring (bicyclic) bond motifs is 1. The lowest BCUT2D eigenvalue weighted by Crippen LogP contribution is -2.44. The molecule has 4 rings (SSSR count). The zero-order valence-corrected chi connectivity index (χ0v) is 24.2. The maximum atomic E-state index is 13.6. The Morgan fingerprint density at radius 3 is 2.41 bits per heavy atom. The summed E-state index contributed by atoms with van der Waals surface area (Å²) >= 11 is 0. The summed E-state index contributed by atoms with van der Waals surface area (Å²) in [5.41, 5.74) is 0.310. The standard InChI is InChI=1S/C31H29F4N5O4/c1-17(38-16-43-5)30(2,3)40-27(41)20-8-6-7-19(13-20)22-14-23-24(28(42)36-4)25(18-9-11-21(32)12-10-18)44-29(23)39-26(22)37-15-31(33,34)35/h6-14,16H,1,15H2,2-5H3,(H,36,42)(H,37,39)(H,40,41). The molecule has 0 aliphatic rings. The predicted octanol–water partition coefficient (Wildman–Crippen LogP) is 6.33. The number of methoxy groups -OCH3 is 1. The molecular formula is C31H29F4N5O4. The molecule has 0 saturated carbocycles. The van der Waals surface area contributed by atoms with E-state index in [0.29, 0.717) is 16.8 Å². The van der Waals surface area contributed by atoms with Crippen molar-refractivity contribution in [2.45, 2.75) is 25.6 Å². The normalized spacial score (nSPS) is 11.9. The van der Waals surface area contributed by atoms with E-state index in [0.717, 1.165) is 0 Å². The van der Waals surface area contributed by atoms with Crippen molar-refractivity contribution in [1.82, 2.24) is 15.6 Å². The molecule has 0 aliphatic carbocycles. The minimum Gasteiger partial charge on any atom is -0.486 e. The number of hydrogen-bond donors (Lipinski definition) is 3. The highest BCUT2D eigenvalue weighted by molar-refractivity contribution is 6.11. The van der Waals surface area contributed by atoms with Crippen molar-refractivity contribution in [3.8, 4) is 22.5 Å². The number of amides is 2. The van der Waals surface area contributed by atoms with Crippen LogP contribution in [-0.2, 0) is 4.74 Å². The summed E-state index contributed by atoms with van der Waals surface area (Å²) in [5.74, 6) is -1.71. The van der Waals surface area contributed by atoms with Crippen molar-refractivity contribution in [3.63, 3.8) is 0 Å². The van der Waals surface area contributed by atoms with Crippen LogP contribution in [-0.4, -0.2) is 55.6 Å². The highest BCUT2D eigenvalue weighted by atomic mass is 19.4. The number of anilines is 1. The minimum atomic E-state index is -4.58. The van der Waals surface area contributed by atoms with Crippen LogP contribution in [0.2, 0.25) is 0 Å². The van der Waals surface area contributed by atoms with Gasteiger partial charge < -0.3 is 25.1 Å². The van der Waals surface area contributed by atoms with Crippen LogP contribution in [0.25, 0.3) is 33.6 Å². The average molecular weight is 612 g/mol. The molecule has 0 fully saturated rings. The molecule has 13 heteroatoms. The smallest absolute Gasteiger partial charge is 0.405 e. The van der Waals surface area contributed by atoms with Crippen molar-refractivity contribution in [2.75, 3.05) is 26.0 Å². The number of halogens is 4. The molecule has 0 spiro atoms.